The van der Waals surface area contributed by atoms with Crippen LogP contribution in [0.15, 0.2) is 27.5 Å². The number of hydrogen-bond acceptors (Lipinski definition) is 6. The van der Waals surface area contributed by atoms with E-state index in [0.29, 0.717) is 26.0 Å². The zero-order valence-corrected chi connectivity index (χ0v) is 17.7. The van der Waals surface area contributed by atoms with Crippen molar-refractivity contribution >= 4 is 49.3 Å². The van der Waals surface area contributed by atoms with Crippen molar-refractivity contribution in [2.45, 2.75) is 20.3 Å². The predicted octanol–water partition coefficient (Wildman–Crippen LogP) is 2.38. The van der Waals surface area contributed by atoms with Crippen molar-refractivity contribution in [2.75, 3.05) is 7.11 Å². The average Bonchev–Trinajstić information content (AvgIpc) is 2.94. The van der Waals surface area contributed by atoms with E-state index in [9.17, 15) is 14.4 Å². The quantitative estimate of drug-likeness (QED) is 0.512. The molecule has 2 aromatic heterocycles. The first kappa shape index (κ1) is 20.0. The SMILES string of the molecule is COc1ccc(Br)c(C(=O)NNC(=O)Cc2nc3sc(C)c(C)c3c(=O)[nH]2)c1. The lowest BCUT2D eigenvalue weighted by molar-refractivity contribution is -0.121. The minimum atomic E-state index is -0.514. The van der Waals surface area contributed by atoms with Crippen LogP contribution in [0.4, 0.5) is 0 Å². The van der Waals surface area contributed by atoms with Gasteiger partial charge in [-0.2, -0.15) is 0 Å². The second-order valence-corrected chi connectivity index (χ2v) is 8.06. The maximum absolute atomic E-state index is 12.3. The number of carbonyl (C=O) groups excluding carboxylic acids is 2. The molecular formula is C18H17BrN4O4S. The maximum atomic E-state index is 12.3. The van der Waals surface area contributed by atoms with Gasteiger partial charge in [-0.15, -0.1) is 11.3 Å². The predicted molar refractivity (Wildman–Crippen MR) is 110 cm³/mol. The molecule has 2 amide bonds. The van der Waals surface area contributed by atoms with Crippen molar-refractivity contribution in [1.82, 2.24) is 20.8 Å². The Morgan fingerprint density at radius 1 is 1.29 bits per heavy atom. The van der Waals surface area contributed by atoms with E-state index in [1.54, 1.807) is 18.2 Å². The first-order valence-corrected chi connectivity index (χ1v) is 9.82. The van der Waals surface area contributed by atoms with Gasteiger partial charge in [-0.05, 0) is 53.5 Å². The molecule has 0 aliphatic carbocycles. The topological polar surface area (TPSA) is 113 Å². The zero-order valence-electron chi connectivity index (χ0n) is 15.3. The third kappa shape index (κ3) is 4.07. The van der Waals surface area contributed by atoms with Crippen LogP contribution in [0.25, 0.3) is 10.2 Å². The van der Waals surface area contributed by atoms with Crippen LogP contribution in [0.2, 0.25) is 0 Å². The number of ether oxygens (including phenoxy) is 1. The summed E-state index contributed by atoms with van der Waals surface area (Å²) in [5.74, 6) is -0.287. The number of hydrazine groups is 1. The number of carbonyl (C=O) groups is 2. The lowest BCUT2D eigenvalue weighted by atomic mass is 10.2. The summed E-state index contributed by atoms with van der Waals surface area (Å²) in [6.45, 7) is 3.78. The van der Waals surface area contributed by atoms with E-state index < -0.39 is 11.8 Å². The molecule has 28 heavy (non-hydrogen) atoms. The van der Waals surface area contributed by atoms with E-state index in [0.717, 1.165) is 10.4 Å². The molecule has 0 bridgehead atoms. The van der Waals surface area contributed by atoms with Crippen molar-refractivity contribution in [1.29, 1.82) is 0 Å². The average molecular weight is 465 g/mol. The number of amides is 2. The van der Waals surface area contributed by atoms with E-state index in [1.807, 2.05) is 13.8 Å². The number of fused-ring (bicyclic) bond motifs is 1. The zero-order chi connectivity index (χ0) is 20.4. The Morgan fingerprint density at radius 2 is 2.04 bits per heavy atom. The number of nitrogens with zero attached hydrogens (tertiary/aromatic N) is 1. The standard InChI is InChI=1S/C18H17BrN4O4S/c1-8-9(2)28-18-15(8)17(26)20-13(21-18)7-14(24)22-23-16(25)11-6-10(27-3)4-5-12(11)19/h4-6H,7H2,1-3H3,(H,22,24)(H,23,25)(H,20,21,26). The van der Waals surface area contributed by atoms with E-state index in [1.165, 1.54) is 18.4 Å². The summed E-state index contributed by atoms with van der Waals surface area (Å²) >= 11 is 4.69. The van der Waals surface area contributed by atoms with Gasteiger partial charge in [0.05, 0.1) is 24.5 Å². The Labute approximate surface area is 172 Å². The maximum Gasteiger partial charge on any atom is 0.270 e. The number of aromatic nitrogens is 2. The van der Waals surface area contributed by atoms with E-state index in [-0.39, 0.29) is 17.8 Å². The van der Waals surface area contributed by atoms with Crippen LogP contribution in [0.5, 0.6) is 5.75 Å². The summed E-state index contributed by atoms with van der Waals surface area (Å²) in [5.41, 5.74) is 5.57. The Hall–Kier alpha value is -2.72. The number of hydrogen-bond donors (Lipinski definition) is 3. The number of halogens is 1. The van der Waals surface area contributed by atoms with Crippen molar-refractivity contribution in [3.05, 3.63) is 54.9 Å². The molecule has 2 heterocycles. The van der Waals surface area contributed by atoms with Gasteiger partial charge in [0.25, 0.3) is 11.5 Å². The molecule has 10 heteroatoms. The van der Waals surface area contributed by atoms with E-state index in [2.05, 4.69) is 36.7 Å². The summed E-state index contributed by atoms with van der Waals surface area (Å²) in [5, 5.41) is 0.544. The largest absolute Gasteiger partial charge is 0.497 e. The number of H-pyrrole nitrogens is 1. The molecule has 0 aliphatic heterocycles. The number of aryl methyl sites for hydroxylation is 2. The van der Waals surface area contributed by atoms with Crippen LogP contribution in [-0.4, -0.2) is 28.9 Å². The van der Waals surface area contributed by atoms with Gasteiger partial charge in [0.15, 0.2) is 0 Å². The summed E-state index contributed by atoms with van der Waals surface area (Å²) in [6, 6.07) is 4.91. The van der Waals surface area contributed by atoms with Gasteiger partial charge in [0, 0.05) is 9.35 Å². The van der Waals surface area contributed by atoms with E-state index in [4.69, 9.17) is 4.74 Å². The molecule has 0 saturated heterocycles. The van der Waals surface area contributed by atoms with Crippen LogP contribution in [0.1, 0.15) is 26.6 Å². The minimum Gasteiger partial charge on any atom is -0.497 e. The first-order chi connectivity index (χ1) is 13.3. The van der Waals surface area contributed by atoms with Crippen LogP contribution in [0.3, 0.4) is 0 Å². The number of rotatable bonds is 4. The molecule has 0 atom stereocenters. The third-order valence-corrected chi connectivity index (χ3v) is 5.94. The van der Waals surface area contributed by atoms with Gasteiger partial charge < -0.3 is 9.72 Å². The second-order valence-electron chi connectivity index (χ2n) is 6.00. The molecule has 3 N–H and O–H groups in total. The van der Waals surface area contributed by atoms with Crippen molar-refractivity contribution < 1.29 is 14.3 Å². The highest BCUT2D eigenvalue weighted by Gasteiger charge is 2.15. The number of nitrogens with one attached hydrogen (secondary N) is 3. The van der Waals surface area contributed by atoms with Crippen LogP contribution >= 0.6 is 27.3 Å². The number of thiophene rings is 1. The van der Waals surface area contributed by atoms with Gasteiger partial charge >= 0.3 is 0 Å². The molecule has 3 rings (SSSR count). The van der Waals surface area contributed by atoms with Gasteiger partial charge in [-0.3, -0.25) is 25.2 Å². The van der Waals surface area contributed by atoms with Crippen LogP contribution in [-0.2, 0) is 11.2 Å². The molecule has 1 aromatic carbocycles. The molecule has 0 aliphatic rings. The summed E-state index contributed by atoms with van der Waals surface area (Å²) < 4.78 is 5.65. The van der Waals surface area contributed by atoms with Gasteiger partial charge in [-0.25, -0.2) is 4.98 Å². The Morgan fingerprint density at radius 3 is 2.75 bits per heavy atom. The normalized spacial score (nSPS) is 10.7. The number of aromatic amines is 1. The summed E-state index contributed by atoms with van der Waals surface area (Å²) in [6.07, 6.45) is -0.180. The van der Waals surface area contributed by atoms with Gasteiger partial charge in [-0.1, -0.05) is 0 Å². The highest BCUT2D eigenvalue weighted by molar-refractivity contribution is 9.10. The van der Waals surface area contributed by atoms with Crippen molar-refractivity contribution in [3.8, 4) is 5.75 Å². The smallest absolute Gasteiger partial charge is 0.270 e. The summed E-state index contributed by atoms with van der Waals surface area (Å²) in [7, 11) is 1.49. The van der Waals surface area contributed by atoms with Crippen molar-refractivity contribution in [2.24, 2.45) is 0 Å². The molecule has 8 nitrogen and oxygen atoms in total. The molecule has 0 saturated carbocycles. The molecule has 0 spiro atoms. The molecule has 0 unspecified atom stereocenters. The molecule has 0 radical (unpaired) electrons. The van der Waals surface area contributed by atoms with Gasteiger partial charge in [0.2, 0.25) is 5.91 Å². The number of methoxy groups -OCH3 is 1. The lowest BCUT2D eigenvalue weighted by Gasteiger charge is -2.09. The molecule has 146 valence electrons. The Kier molecular flexibility index (Phi) is 5.80. The van der Waals surface area contributed by atoms with Crippen molar-refractivity contribution in [3.63, 3.8) is 0 Å². The van der Waals surface area contributed by atoms with Crippen LogP contribution in [0, 0.1) is 13.8 Å². The highest BCUT2D eigenvalue weighted by atomic mass is 79.9. The highest BCUT2D eigenvalue weighted by Crippen LogP contribution is 2.25. The van der Waals surface area contributed by atoms with Gasteiger partial charge in [0.1, 0.15) is 16.4 Å². The minimum absolute atomic E-state index is 0.180. The molecule has 3 aromatic rings. The fourth-order valence-corrected chi connectivity index (χ4v) is 4.05. The Balaban J connectivity index is 1.69. The van der Waals surface area contributed by atoms with E-state index >= 15 is 0 Å². The van der Waals surface area contributed by atoms with Crippen LogP contribution < -0.4 is 21.1 Å². The lowest BCUT2D eigenvalue weighted by Crippen LogP contribution is -2.42. The number of benzene rings is 1. The fourth-order valence-electron chi connectivity index (χ4n) is 2.58. The molecule has 0 fully saturated rings. The Bertz CT molecular complexity index is 1140. The third-order valence-electron chi connectivity index (χ3n) is 4.15. The first-order valence-electron chi connectivity index (χ1n) is 8.21. The second kappa shape index (κ2) is 8.11. The molecular weight excluding hydrogens is 448 g/mol. The summed E-state index contributed by atoms with van der Waals surface area (Å²) in [4.78, 5) is 45.2. The fraction of sp³-hybridized carbons (Fsp3) is 0.222. The monoisotopic (exact) mass is 464 g/mol.